The third-order valence-electron chi connectivity index (χ3n) is 9.99. The highest BCUT2D eigenvalue weighted by Gasteiger charge is 2.31. The van der Waals surface area contributed by atoms with Crippen molar-refractivity contribution in [2.24, 2.45) is 28.6 Å². The highest BCUT2D eigenvalue weighted by Crippen LogP contribution is 2.38. The molecule has 2 aromatic rings. The van der Waals surface area contributed by atoms with Crippen LogP contribution in [0.5, 0.6) is 0 Å². The van der Waals surface area contributed by atoms with E-state index in [1.165, 1.54) is 77.0 Å². The lowest BCUT2D eigenvalue weighted by Crippen LogP contribution is -2.31. The van der Waals surface area contributed by atoms with Crippen LogP contribution in [0.25, 0.3) is 0 Å². The molecule has 8 nitrogen and oxygen atoms in total. The number of carbonyl (C=O) groups is 2. The van der Waals surface area contributed by atoms with E-state index in [1.807, 2.05) is 6.92 Å². The summed E-state index contributed by atoms with van der Waals surface area (Å²) in [6, 6.07) is 16.6. The molecule has 0 unspecified atom stereocenters. The lowest BCUT2D eigenvalue weighted by molar-refractivity contribution is 0.0263. The molecule has 0 aliphatic heterocycles. The summed E-state index contributed by atoms with van der Waals surface area (Å²) in [7, 11) is 0. The van der Waals surface area contributed by atoms with Crippen molar-refractivity contribution in [3.05, 3.63) is 71.8 Å². The molecule has 0 radical (unpaired) electrons. The zero-order valence-corrected chi connectivity index (χ0v) is 30.4. The second-order valence-corrected chi connectivity index (χ2v) is 15.0. The van der Waals surface area contributed by atoms with Gasteiger partial charge in [-0.25, -0.2) is 9.59 Å². The average molecular weight is 687 g/mol. The molecular formula is C41H66O8. The fourth-order valence-electron chi connectivity index (χ4n) is 6.79. The standard InChI is InChI=1S/C19H36O2.C8H18O2.2C7H6O2/c20-15-19(16-21,13-11-17-7-3-1-4-8-17)14-12-18-9-5-2-6-10-18;1-7(2)4-8(3,5-9)6-10;2*8-7(9)6-4-2-1-3-5-6/h17-18,20-21H,1-16H2;7,9-10H,4-6H2,1-3H3;2*1-5H,(H,8,9). The number of rotatable bonds is 14. The van der Waals surface area contributed by atoms with Crippen molar-refractivity contribution < 1.29 is 40.2 Å². The Hall–Kier alpha value is -2.78. The first-order chi connectivity index (χ1) is 23.4. The predicted octanol–water partition coefficient (Wildman–Crippen LogP) is 8.47. The van der Waals surface area contributed by atoms with Gasteiger partial charge in [0.05, 0.1) is 37.6 Å². The molecule has 4 rings (SSSR count). The number of benzene rings is 2. The monoisotopic (exact) mass is 686 g/mol. The molecule has 2 fully saturated rings. The number of aliphatic hydroxyl groups excluding tert-OH is 4. The van der Waals surface area contributed by atoms with E-state index in [-0.39, 0.29) is 37.3 Å². The Labute approximate surface area is 295 Å². The van der Waals surface area contributed by atoms with Crippen molar-refractivity contribution in [3.63, 3.8) is 0 Å². The Morgan fingerprint density at radius 3 is 1.18 bits per heavy atom. The van der Waals surface area contributed by atoms with Crippen molar-refractivity contribution in [3.8, 4) is 0 Å². The van der Waals surface area contributed by atoms with Gasteiger partial charge < -0.3 is 30.6 Å². The summed E-state index contributed by atoms with van der Waals surface area (Å²) < 4.78 is 0. The van der Waals surface area contributed by atoms with E-state index in [9.17, 15) is 19.8 Å². The molecule has 8 heteroatoms. The molecule has 278 valence electrons. The fourth-order valence-corrected chi connectivity index (χ4v) is 6.79. The fraction of sp³-hybridized carbons (Fsp3) is 0.659. The molecule has 0 spiro atoms. The van der Waals surface area contributed by atoms with Gasteiger partial charge in [-0.15, -0.1) is 0 Å². The molecule has 2 aliphatic carbocycles. The number of hydrogen-bond donors (Lipinski definition) is 6. The van der Waals surface area contributed by atoms with Gasteiger partial charge in [0.25, 0.3) is 0 Å². The van der Waals surface area contributed by atoms with E-state index in [1.54, 1.807) is 60.7 Å². The molecule has 0 bridgehead atoms. The first kappa shape index (κ1) is 44.2. The summed E-state index contributed by atoms with van der Waals surface area (Å²) in [6.45, 7) is 6.55. The minimum Gasteiger partial charge on any atom is -0.478 e. The maximum absolute atomic E-state index is 10.2. The number of aliphatic hydroxyl groups is 4. The SMILES string of the molecule is CC(C)CC(C)(CO)CO.O=C(O)c1ccccc1.O=C(O)c1ccccc1.OCC(CO)(CCC1CCCCC1)CCC1CCCCC1. The molecule has 49 heavy (non-hydrogen) atoms. The highest BCUT2D eigenvalue weighted by atomic mass is 16.4. The molecule has 0 amide bonds. The van der Waals surface area contributed by atoms with Crippen LogP contribution in [-0.2, 0) is 0 Å². The molecule has 0 heterocycles. The van der Waals surface area contributed by atoms with Crippen molar-refractivity contribution in [2.75, 3.05) is 26.4 Å². The minimum atomic E-state index is -0.879. The molecule has 0 saturated heterocycles. The topological polar surface area (TPSA) is 156 Å². The lowest BCUT2D eigenvalue weighted by atomic mass is 9.73. The number of hydrogen-bond acceptors (Lipinski definition) is 6. The highest BCUT2D eigenvalue weighted by molar-refractivity contribution is 5.87. The molecule has 0 atom stereocenters. The van der Waals surface area contributed by atoms with Gasteiger partial charge in [0.15, 0.2) is 0 Å². The summed E-state index contributed by atoms with van der Waals surface area (Å²) in [6.07, 6.45) is 19.2. The van der Waals surface area contributed by atoms with Crippen LogP contribution < -0.4 is 0 Å². The molecule has 0 aromatic heterocycles. The van der Waals surface area contributed by atoms with Gasteiger partial charge in [-0.3, -0.25) is 0 Å². The second-order valence-electron chi connectivity index (χ2n) is 15.0. The van der Waals surface area contributed by atoms with Crippen LogP contribution in [0.3, 0.4) is 0 Å². The number of carboxylic acids is 2. The summed E-state index contributed by atoms with van der Waals surface area (Å²) in [5.41, 5.74) is 0.179. The second kappa shape index (κ2) is 25.2. The Kier molecular flexibility index (Phi) is 22.8. The Morgan fingerprint density at radius 2 is 0.959 bits per heavy atom. The third-order valence-corrected chi connectivity index (χ3v) is 9.99. The molecule has 2 aromatic carbocycles. The molecular weight excluding hydrogens is 620 g/mol. The zero-order valence-electron chi connectivity index (χ0n) is 30.4. The van der Waals surface area contributed by atoms with E-state index in [4.69, 9.17) is 20.4 Å². The van der Waals surface area contributed by atoms with E-state index in [0.717, 1.165) is 31.1 Å². The summed E-state index contributed by atoms with van der Waals surface area (Å²) in [5, 5.41) is 54.3. The van der Waals surface area contributed by atoms with Crippen LogP contribution >= 0.6 is 0 Å². The van der Waals surface area contributed by atoms with Crippen LogP contribution in [0.2, 0.25) is 0 Å². The van der Waals surface area contributed by atoms with Gasteiger partial charge in [-0.2, -0.15) is 0 Å². The van der Waals surface area contributed by atoms with Crippen molar-refractivity contribution in [1.29, 1.82) is 0 Å². The first-order valence-electron chi connectivity index (χ1n) is 18.4. The maximum Gasteiger partial charge on any atom is 0.335 e. The third kappa shape index (κ3) is 19.3. The van der Waals surface area contributed by atoms with E-state index < -0.39 is 11.9 Å². The van der Waals surface area contributed by atoms with Crippen molar-refractivity contribution in [1.82, 2.24) is 0 Å². The quantitative estimate of drug-likeness (QED) is 0.116. The van der Waals surface area contributed by atoms with Gasteiger partial charge in [-0.05, 0) is 74.1 Å². The lowest BCUT2D eigenvalue weighted by Gasteiger charge is -2.34. The predicted molar refractivity (Wildman–Crippen MR) is 197 cm³/mol. The van der Waals surface area contributed by atoms with Gasteiger partial charge in [0, 0.05) is 10.8 Å². The van der Waals surface area contributed by atoms with E-state index >= 15 is 0 Å². The average Bonchev–Trinajstić information content (AvgIpc) is 3.14. The van der Waals surface area contributed by atoms with Gasteiger partial charge >= 0.3 is 11.9 Å². The minimum absolute atomic E-state index is 0.0711. The van der Waals surface area contributed by atoms with Gasteiger partial charge in [-0.1, -0.05) is 121 Å². The maximum atomic E-state index is 10.2. The first-order valence-corrected chi connectivity index (χ1v) is 18.4. The van der Waals surface area contributed by atoms with Crippen molar-refractivity contribution >= 4 is 11.9 Å². The smallest absolute Gasteiger partial charge is 0.335 e. The summed E-state index contributed by atoms with van der Waals surface area (Å²) in [5.74, 6) is 0.479. The Balaban J connectivity index is 0.000000359. The number of aromatic carboxylic acids is 2. The van der Waals surface area contributed by atoms with Crippen LogP contribution in [0, 0.1) is 28.6 Å². The zero-order chi connectivity index (χ0) is 36.5. The molecule has 2 saturated carbocycles. The normalized spacial score (nSPS) is 15.5. The Bertz CT molecular complexity index is 1030. The van der Waals surface area contributed by atoms with Gasteiger partial charge in [0.2, 0.25) is 0 Å². The van der Waals surface area contributed by atoms with Crippen LogP contribution in [0.4, 0.5) is 0 Å². The Morgan fingerprint density at radius 1 is 0.612 bits per heavy atom. The van der Waals surface area contributed by atoms with E-state index in [2.05, 4.69) is 13.8 Å². The summed E-state index contributed by atoms with van der Waals surface area (Å²) in [4.78, 5) is 20.4. The number of carboxylic acid groups (broad SMARTS) is 2. The van der Waals surface area contributed by atoms with E-state index in [0.29, 0.717) is 17.0 Å². The van der Waals surface area contributed by atoms with Gasteiger partial charge in [0.1, 0.15) is 0 Å². The van der Waals surface area contributed by atoms with Crippen LogP contribution in [-0.4, -0.2) is 69.0 Å². The molecule has 2 aliphatic rings. The summed E-state index contributed by atoms with van der Waals surface area (Å²) >= 11 is 0. The largest absolute Gasteiger partial charge is 0.478 e. The molecule has 6 N–H and O–H groups in total. The van der Waals surface area contributed by atoms with Crippen LogP contribution in [0.15, 0.2) is 60.7 Å². The van der Waals surface area contributed by atoms with Crippen LogP contribution in [0.1, 0.15) is 138 Å². The van der Waals surface area contributed by atoms with Crippen molar-refractivity contribution in [2.45, 2.75) is 117 Å².